The molecule has 0 aliphatic carbocycles. The van der Waals surface area contributed by atoms with Gasteiger partial charge in [-0.1, -0.05) is 17.4 Å². The maximum atomic E-state index is 11.9. The van der Waals surface area contributed by atoms with Crippen molar-refractivity contribution in [1.29, 1.82) is 5.26 Å². The quantitative estimate of drug-likeness (QED) is 0.905. The lowest BCUT2D eigenvalue weighted by Crippen LogP contribution is -2.19. The van der Waals surface area contributed by atoms with Crippen LogP contribution in [0, 0.1) is 11.3 Å². The molecule has 0 bridgehead atoms. The normalized spacial score (nSPS) is 9.57. The minimum absolute atomic E-state index is 0.339. The van der Waals surface area contributed by atoms with Gasteiger partial charge in [0.1, 0.15) is 10.9 Å². The number of carbonyl (C=O) groups excluding carboxylic acids is 1. The molecular weight excluding hydrogens is 292 g/mol. The van der Waals surface area contributed by atoms with Crippen molar-refractivity contribution >= 4 is 28.2 Å². The highest BCUT2D eigenvalue weighted by Crippen LogP contribution is 2.34. The fraction of sp³-hybridized carbons (Fsp3) is 0.154. The number of thiazole rings is 1. The standard InChI is InChI=1S/C13H12N4O3S/c1-19-10-5-3-4-9(11(10)20-2)16-12(18)17-13-15-7-8(6-14)21-13/h3-5,7H,1-2H3,(H2,15,16,17,18). The smallest absolute Gasteiger partial charge is 0.325 e. The summed E-state index contributed by atoms with van der Waals surface area (Å²) in [5.74, 6) is 0.934. The third kappa shape index (κ3) is 3.40. The molecule has 0 atom stereocenters. The predicted molar refractivity (Wildman–Crippen MR) is 79.0 cm³/mol. The first kappa shape index (κ1) is 14.6. The van der Waals surface area contributed by atoms with Crippen LogP contribution in [-0.4, -0.2) is 25.2 Å². The summed E-state index contributed by atoms with van der Waals surface area (Å²) in [6.45, 7) is 0. The number of benzene rings is 1. The second kappa shape index (κ2) is 6.58. The molecule has 8 heteroatoms. The average molecular weight is 304 g/mol. The molecule has 0 saturated carbocycles. The number of anilines is 2. The van der Waals surface area contributed by atoms with Crippen LogP contribution in [0.4, 0.5) is 15.6 Å². The second-order valence-corrected chi connectivity index (χ2v) is 4.79. The van der Waals surface area contributed by atoms with E-state index < -0.39 is 6.03 Å². The van der Waals surface area contributed by atoms with Gasteiger partial charge in [-0.05, 0) is 12.1 Å². The van der Waals surface area contributed by atoms with Gasteiger partial charge in [-0.3, -0.25) is 5.32 Å². The first-order chi connectivity index (χ1) is 10.2. The molecule has 108 valence electrons. The monoisotopic (exact) mass is 304 g/mol. The number of para-hydroxylation sites is 1. The van der Waals surface area contributed by atoms with Gasteiger partial charge >= 0.3 is 6.03 Å². The third-order valence-corrected chi connectivity index (χ3v) is 3.30. The molecule has 2 N–H and O–H groups in total. The summed E-state index contributed by atoms with van der Waals surface area (Å²) < 4.78 is 10.4. The molecule has 0 aliphatic rings. The van der Waals surface area contributed by atoms with Gasteiger partial charge in [0.25, 0.3) is 0 Å². The van der Waals surface area contributed by atoms with E-state index in [0.29, 0.717) is 27.2 Å². The highest BCUT2D eigenvalue weighted by molar-refractivity contribution is 7.16. The minimum atomic E-state index is -0.486. The van der Waals surface area contributed by atoms with E-state index in [-0.39, 0.29) is 0 Å². The number of amides is 2. The number of methoxy groups -OCH3 is 2. The first-order valence-corrected chi connectivity index (χ1v) is 6.64. The Bertz CT molecular complexity index is 693. The van der Waals surface area contributed by atoms with E-state index in [2.05, 4.69) is 15.6 Å². The summed E-state index contributed by atoms with van der Waals surface area (Å²) >= 11 is 1.09. The fourth-order valence-electron chi connectivity index (χ4n) is 1.62. The summed E-state index contributed by atoms with van der Waals surface area (Å²) in [6.07, 6.45) is 1.40. The van der Waals surface area contributed by atoms with Crippen molar-refractivity contribution in [3.63, 3.8) is 0 Å². The molecule has 0 spiro atoms. The van der Waals surface area contributed by atoms with Gasteiger partial charge in [0.2, 0.25) is 0 Å². The van der Waals surface area contributed by atoms with Crippen LogP contribution in [0.25, 0.3) is 0 Å². The number of ether oxygens (including phenoxy) is 2. The number of aromatic nitrogens is 1. The van der Waals surface area contributed by atoms with Crippen LogP contribution in [0.1, 0.15) is 4.88 Å². The Hall–Kier alpha value is -2.79. The number of nitrogens with zero attached hydrogens (tertiary/aromatic N) is 2. The lowest BCUT2D eigenvalue weighted by atomic mass is 10.2. The van der Waals surface area contributed by atoms with Gasteiger partial charge in [-0.2, -0.15) is 5.26 Å². The number of nitriles is 1. The predicted octanol–water partition coefficient (Wildman–Crippen LogP) is 2.68. The minimum Gasteiger partial charge on any atom is -0.493 e. The third-order valence-electron chi connectivity index (χ3n) is 2.49. The highest BCUT2D eigenvalue weighted by Gasteiger charge is 2.13. The Balaban J connectivity index is 2.11. The number of rotatable bonds is 4. The molecule has 0 unspecified atom stereocenters. The highest BCUT2D eigenvalue weighted by atomic mass is 32.1. The van der Waals surface area contributed by atoms with E-state index >= 15 is 0 Å². The van der Waals surface area contributed by atoms with Gasteiger partial charge in [0.05, 0.1) is 26.1 Å². The van der Waals surface area contributed by atoms with E-state index in [9.17, 15) is 4.79 Å². The van der Waals surface area contributed by atoms with Crippen molar-refractivity contribution in [2.45, 2.75) is 0 Å². The molecule has 1 aromatic heterocycles. The molecule has 0 radical (unpaired) electrons. The van der Waals surface area contributed by atoms with Crippen LogP contribution in [0.2, 0.25) is 0 Å². The van der Waals surface area contributed by atoms with Gasteiger partial charge in [-0.15, -0.1) is 0 Å². The van der Waals surface area contributed by atoms with E-state index in [4.69, 9.17) is 14.7 Å². The average Bonchev–Trinajstić information content (AvgIpc) is 2.94. The zero-order valence-electron chi connectivity index (χ0n) is 11.3. The summed E-state index contributed by atoms with van der Waals surface area (Å²) in [4.78, 5) is 16.2. The van der Waals surface area contributed by atoms with Gasteiger partial charge in [0.15, 0.2) is 16.6 Å². The van der Waals surface area contributed by atoms with Gasteiger partial charge in [-0.25, -0.2) is 9.78 Å². The SMILES string of the molecule is COc1cccc(NC(=O)Nc2ncc(C#N)s2)c1OC. The first-order valence-electron chi connectivity index (χ1n) is 5.83. The summed E-state index contributed by atoms with van der Waals surface area (Å²) in [5.41, 5.74) is 0.464. The van der Waals surface area contributed by atoms with Gasteiger partial charge in [0, 0.05) is 0 Å². The number of carbonyl (C=O) groups is 1. The topological polar surface area (TPSA) is 96.3 Å². The largest absolute Gasteiger partial charge is 0.493 e. The van der Waals surface area contributed by atoms with Crippen LogP contribution >= 0.6 is 11.3 Å². The molecule has 1 aromatic carbocycles. The summed E-state index contributed by atoms with van der Waals surface area (Å²) in [7, 11) is 3.00. The number of hydrogen-bond donors (Lipinski definition) is 2. The van der Waals surface area contributed by atoms with E-state index in [1.165, 1.54) is 20.4 Å². The number of nitrogens with one attached hydrogen (secondary N) is 2. The Morgan fingerprint density at radius 1 is 1.33 bits per heavy atom. The van der Waals surface area contributed by atoms with Crippen molar-refractivity contribution < 1.29 is 14.3 Å². The van der Waals surface area contributed by atoms with E-state index in [1.807, 2.05) is 6.07 Å². The molecule has 7 nitrogen and oxygen atoms in total. The molecule has 0 saturated heterocycles. The van der Waals surface area contributed by atoms with E-state index in [0.717, 1.165) is 11.3 Å². The Morgan fingerprint density at radius 3 is 2.76 bits per heavy atom. The number of hydrogen-bond acceptors (Lipinski definition) is 6. The van der Waals surface area contributed by atoms with Crippen molar-refractivity contribution in [3.8, 4) is 17.6 Å². The fourth-order valence-corrected chi connectivity index (χ4v) is 2.23. The molecule has 21 heavy (non-hydrogen) atoms. The zero-order valence-corrected chi connectivity index (χ0v) is 12.2. The summed E-state index contributed by atoms with van der Waals surface area (Å²) in [6, 6.07) is 6.60. The second-order valence-electron chi connectivity index (χ2n) is 3.76. The molecule has 0 fully saturated rings. The molecule has 0 aliphatic heterocycles. The maximum absolute atomic E-state index is 11.9. The molecule has 2 amide bonds. The zero-order chi connectivity index (χ0) is 15.2. The van der Waals surface area contributed by atoms with Crippen LogP contribution in [0.3, 0.4) is 0 Å². The van der Waals surface area contributed by atoms with Crippen LogP contribution in [0.5, 0.6) is 11.5 Å². The molecule has 2 aromatic rings. The summed E-state index contributed by atoms with van der Waals surface area (Å²) in [5, 5.41) is 14.2. The van der Waals surface area contributed by atoms with Crippen molar-refractivity contribution in [1.82, 2.24) is 4.98 Å². The number of urea groups is 1. The van der Waals surface area contributed by atoms with Gasteiger partial charge < -0.3 is 14.8 Å². The van der Waals surface area contributed by atoms with Crippen LogP contribution < -0.4 is 20.1 Å². The van der Waals surface area contributed by atoms with Crippen LogP contribution in [-0.2, 0) is 0 Å². The lowest BCUT2D eigenvalue weighted by Gasteiger charge is -2.13. The van der Waals surface area contributed by atoms with Crippen molar-refractivity contribution in [3.05, 3.63) is 29.3 Å². The molecular formula is C13H12N4O3S. The van der Waals surface area contributed by atoms with Crippen molar-refractivity contribution in [2.75, 3.05) is 24.9 Å². The Kier molecular flexibility index (Phi) is 4.58. The van der Waals surface area contributed by atoms with Crippen LogP contribution in [0.15, 0.2) is 24.4 Å². The van der Waals surface area contributed by atoms with E-state index in [1.54, 1.807) is 18.2 Å². The van der Waals surface area contributed by atoms with Crippen molar-refractivity contribution in [2.24, 2.45) is 0 Å². The molecule has 1 heterocycles. The Labute approximate surface area is 125 Å². The Morgan fingerprint density at radius 2 is 2.14 bits per heavy atom. The lowest BCUT2D eigenvalue weighted by molar-refractivity contribution is 0.262. The molecule has 2 rings (SSSR count). The maximum Gasteiger partial charge on any atom is 0.325 e.